The molecular weight excluding hydrogens is 590 g/mol. The lowest BCUT2D eigenvalue weighted by molar-refractivity contribution is -0.151. The summed E-state index contributed by atoms with van der Waals surface area (Å²) in [4.78, 5) is 49.1. The van der Waals surface area contributed by atoms with E-state index in [2.05, 4.69) is 13.2 Å². The lowest BCUT2D eigenvalue weighted by Crippen LogP contribution is -2.56. The topological polar surface area (TPSA) is 90.4 Å². The smallest absolute Gasteiger partial charge is 0.253 e. The molecule has 3 fully saturated rings. The summed E-state index contributed by atoms with van der Waals surface area (Å²) in [6.07, 6.45) is 5.92. The third-order valence-electron chi connectivity index (χ3n) is 9.90. The van der Waals surface area contributed by atoms with Crippen molar-refractivity contribution in [3.05, 3.63) is 90.0 Å². The van der Waals surface area contributed by atoms with Gasteiger partial charge < -0.3 is 24.5 Å². The highest BCUT2D eigenvalue weighted by molar-refractivity contribution is 6.34. The zero-order valence-corrected chi connectivity index (χ0v) is 27.0. The third-order valence-corrected chi connectivity index (χ3v) is 10.2. The first-order valence-corrected chi connectivity index (χ1v) is 16.3. The summed E-state index contributed by atoms with van der Waals surface area (Å²) in [5, 5.41) is 9.96. The maximum Gasteiger partial charge on any atom is 0.253 e. The monoisotopic (exact) mass is 633 g/mol. The average Bonchev–Trinajstić information content (AvgIpc) is 3.64. The van der Waals surface area contributed by atoms with Gasteiger partial charge in [-0.25, -0.2) is 0 Å². The number of hydrogen-bond donors (Lipinski definition) is 1. The summed E-state index contributed by atoms with van der Waals surface area (Å²) in [7, 11) is 0. The molecule has 45 heavy (non-hydrogen) atoms. The Labute approximate surface area is 271 Å². The van der Waals surface area contributed by atoms with Gasteiger partial charge in [0, 0.05) is 32.8 Å². The zero-order chi connectivity index (χ0) is 32.4. The molecule has 9 heteroatoms. The predicted octanol–water partition coefficient (Wildman–Crippen LogP) is 5.31. The molecule has 1 spiro atoms. The van der Waals surface area contributed by atoms with Crippen molar-refractivity contribution < 1.29 is 24.2 Å². The highest BCUT2D eigenvalue weighted by atomic mass is 35.5. The zero-order valence-electron chi connectivity index (χ0n) is 26.3. The van der Waals surface area contributed by atoms with Gasteiger partial charge in [-0.3, -0.25) is 14.4 Å². The second-order valence-electron chi connectivity index (χ2n) is 12.4. The minimum absolute atomic E-state index is 0.0246. The number of rotatable bonds is 14. The van der Waals surface area contributed by atoms with Crippen LogP contribution in [0.1, 0.15) is 50.2 Å². The van der Waals surface area contributed by atoms with Crippen LogP contribution in [-0.4, -0.2) is 76.1 Å². The number of fused-ring (bicyclic) bond motifs is 1. The number of carbonyl (C=O) groups is 3. The summed E-state index contributed by atoms with van der Waals surface area (Å²) in [6, 6.07) is 14.3. The molecule has 0 aromatic heterocycles. The number of anilines is 1. The van der Waals surface area contributed by atoms with Crippen LogP contribution in [0, 0.1) is 18.8 Å². The number of amides is 3. The van der Waals surface area contributed by atoms with Crippen LogP contribution in [0.25, 0.3) is 0 Å². The Morgan fingerprint density at radius 1 is 1.07 bits per heavy atom. The molecular formula is C36H44ClN3O5. The second-order valence-corrected chi connectivity index (χ2v) is 12.8. The van der Waals surface area contributed by atoms with E-state index in [9.17, 15) is 19.5 Å². The van der Waals surface area contributed by atoms with Crippen LogP contribution in [-0.2, 0) is 25.7 Å². The van der Waals surface area contributed by atoms with E-state index in [4.69, 9.17) is 16.3 Å². The fraction of sp³-hybridized carbons (Fsp3) is 0.472. The average molecular weight is 634 g/mol. The van der Waals surface area contributed by atoms with Gasteiger partial charge in [0.1, 0.15) is 11.6 Å². The Morgan fingerprint density at radius 3 is 2.44 bits per heavy atom. The molecule has 3 aliphatic heterocycles. The summed E-state index contributed by atoms with van der Waals surface area (Å²) < 4.78 is 7.01. The molecule has 0 radical (unpaired) electrons. The summed E-state index contributed by atoms with van der Waals surface area (Å²) in [5.41, 5.74) is 0.317. The van der Waals surface area contributed by atoms with Crippen LogP contribution in [0.4, 0.5) is 5.69 Å². The van der Waals surface area contributed by atoms with Gasteiger partial charge in [0.25, 0.3) is 5.91 Å². The Kier molecular flexibility index (Phi) is 9.87. The lowest BCUT2D eigenvalue weighted by atomic mass is 9.64. The number of aliphatic hydroxyl groups is 1. The van der Waals surface area contributed by atoms with Crippen molar-refractivity contribution in [2.24, 2.45) is 11.8 Å². The van der Waals surface area contributed by atoms with E-state index in [0.717, 1.165) is 11.1 Å². The van der Waals surface area contributed by atoms with Gasteiger partial charge in [-0.15, -0.1) is 13.2 Å². The van der Waals surface area contributed by atoms with Crippen LogP contribution in [0.15, 0.2) is 73.8 Å². The highest BCUT2D eigenvalue weighted by Crippen LogP contribution is 2.64. The van der Waals surface area contributed by atoms with Crippen LogP contribution >= 0.6 is 11.6 Å². The molecule has 3 amide bonds. The molecule has 3 aliphatic rings. The third kappa shape index (κ3) is 5.62. The van der Waals surface area contributed by atoms with E-state index in [1.807, 2.05) is 56.3 Å². The molecule has 2 unspecified atom stereocenters. The largest absolute Gasteiger partial charge is 0.396 e. The first-order chi connectivity index (χ1) is 21.7. The number of hydrogen-bond acceptors (Lipinski definition) is 5. The molecule has 8 nitrogen and oxygen atoms in total. The molecule has 1 N–H and O–H groups in total. The van der Waals surface area contributed by atoms with Crippen molar-refractivity contribution in [1.82, 2.24) is 9.80 Å². The van der Waals surface area contributed by atoms with Gasteiger partial charge >= 0.3 is 0 Å². The maximum atomic E-state index is 14.9. The molecule has 0 saturated carbocycles. The summed E-state index contributed by atoms with van der Waals surface area (Å²) >= 11 is 6.68. The van der Waals surface area contributed by atoms with E-state index >= 15 is 0 Å². The van der Waals surface area contributed by atoms with E-state index in [1.165, 1.54) is 0 Å². The SMILES string of the molecule is C=CCN(Cc1ccccc1)C(=O)[C@H]1[C@H]2C(=O)N(CCCCO)C(C(=O)N(CC=C)c3c(C)cccc3Cl)C23CC[C@]1(CC)O3. The fourth-order valence-corrected chi connectivity index (χ4v) is 8.25. The Bertz CT molecular complexity index is 1430. The van der Waals surface area contributed by atoms with Gasteiger partial charge in [-0.05, 0) is 56.2 Å². The van der Waals surface area contributed by atoms with Crippen molar-refractivity contribution in [3.63, 3.8) is 0 Å². The van der Waals surface area contributed by atoms with Crippen LogP contribution in [0.3, 0.4) is 0 Å². The number of aliphatic hydroxyl groups excluding tert-OH is 1. The summed E-state index contributed by atoms with van der Waals surface area (Å²) in [5.74, 6) is -2.28. The standard InChI is InChI=1S/C36H44ClN3O5/c1-5-20-38(24-26-15-9-8-10-16-26)32(42)28-29-33(43)40(22-11-12-23-41)31(36(29)19-18-35(28,7-3)45-36)34(44)39(21-6-2)30-25(4)14-13-17-27(30)37/h5-6,8-10,13-17,28-29,31,41H,1-2,7,11-12,18-24H2,3-4H3/t28-,29+,31?,35+,36?/m1/s1. The minimum atomic E-state index is -1.18. The van der Waals surface area contributed by atoms with Gasteiger partial charge in [0.2, 0.25) is 11.8 Å². The van der Waals surface area contributed by atoms with Crippen LogP contribution in [0.5, 0.6) is 0 Å². The normalized spacial score (nSPS) is 26.5. The second kappa shape index (κ2) is 13.5. The van der Waals surface area contributed by atoms with Crippen LogP contribution in [0.2, 0.25) is 5.02 Å². The lowest BCUT2D eigenvalue weighted by Gasteiger charge is -2.37. The van der Waals surface area contributed by atoms with Crippen molar-refractivity contribution in [1.29, 1.82) is 0 Å². The van der Waals surface area contributed by atoms with Gasteiger partial charge in [-0.2, -0.15) is 0 Å². The molecule has 0 aliphatic carbocycles. The number of carbonyl (C=O) groups excluding carboxylic acids is 3. The molecule has 3 saturated heterocycles. The molecule has 240 valence electrons. The fourth-order valence-electron chi connectivity index (χ4n) is 7.93. The molecule has 2 aromatic carbocycles. The van der Waals surface area contributed by atoms with Gasteiger partial charge in [-0.1, -0.05) is 73.1 Å². The first kappa shape index (κ1) is 32.9. The maximum absolute atomic E-state index is 14.9. The summed E-state index contributed by atoms with van der Waals surface area (Å²) in [6.45, 7) is 12.8. The number of ether oxygens (including phenoxy) is 1. The van der Waals surface area contributed by atoms with Gasteiger partial charge in [0.05, 0.1) is 28.1 Å². The van der Waals surface area contributed by atoms with E-state index in [1.54, 1.807) is 32.9 Å². The highest BCUT2D eigenvalue weighted by Gasteiger charge is 2.79. The van der Waals surface area contributed by atoms with Crippen molar-refractivity contribution in [2.75, 3.05) is 31.1 Å². The van der Waals surface area contributed by atoms with Crippen molar-refractivity contribution in [2.45, 2.75) is 69.7 Å². The minimum Gasteiger partial charge on any atom is -0.396 e. The van der Waals surface area contributed by atoms with Gasteiger partial charge in [0.15, 0.2) is 0 Å². The van der Waals surface area contributed by atoms with E-state index in [-0.39, 0.29) is 37.4 Å². The number of nitrogens with zero attached hydrogens (tertiary/aromatic N) is 3. The molecule has 2 bridgehead atoms. The number of aryl methyl sites for hydroxylation is 1. The molecule has 5 atom stereocenters. The van der Waals surface area contributed by atoms with Crippen LogP contribution < -0.4 is 4.90 Å². The number of benzene rings is 2. The number of halogens is 1. The van der Waals surface area contributed by atoms with Crippen molar-refractivity contribution >= 4 is 35.0 Å². The number of unbranched alkanes of at least 4 members (excludes halogenated alkanes) is 1. The quantitative estimate of drug-likeness (QED) is 0.225. The predicted molar refractivity (Wildman–Crippen MR) is 176 cm³/mol. The molecule has 5 rings (SSSR count). The van der Waals surface area contributed by atoms with E-state index < -0.39 is 29.1 Å². The number of para-hydroxylation sites is 1. The number of likely N-dealkylation sites (tertiary alicyclic amines) is 1. The van der Waals surface area contributed by atoms with Crippen molar-refractivity contribution in [3.8, 4) is 0 Å². The Morgan fingerprint density at radius 2 is 1.80 bits per heavy atom. The molecule has 3 heterocycles. The Balaban J connectivity index is 1.59. The first-order valence-electron chi connectivity index (χ1n) is 15.9. The van der Waals surface area contributed by atoms with E-state index in [0.29, 0.717) is 55.9 Å². The molecule has 2 aromatic rings. The Hall–Kier alpha value is -3.46.